The summed E-state index contributed by atoms with van der Waals surface area (Å²) < 4.78 is 42.2. The standard InChI is InChI=1S/C17H10ClF3N2O2/c18-15-12-6-1-9(8-14(24)25)7-13(12)22-16(23-15)17(20,21)10-2-4-11(19)5-3-10/h1-7H,8H2,(H,24,25). The average molecular weight is 367 g/mol. The number of rotatable bonds is 4. The highest BCUT2D eigenvalue weighted by atomic mass is 35.5. The van der Waals surface area contributed by atoms with E-state index in [-0.39, 0.29) is 17.1 Å². The maximum Gasteiger partial charge on any atom is 0.331 e. The van der Waals surface area contributed by atoms with Crippen LogP contribution >= 0.6 is 11.6 Å². The quantitative estimate of drug-likeness (QED) is 0.703. The molecule has 8 heteroatoms. The molecular formula is C17H10ClF3N2O2. The van der Waals surface area contributed by atoms with Crippen molar-refractivity contribution in [2.24, 2.45) is 0 Å². The molecule has 0 atom stereocenters. The van der Waals surface area contributed by atoms with E-state index < -0.39 is 29.1 Å². The monoisotopic (exact) mass is 366 g/mol. The summed E-state index contributed by atoms with van der Waals surface area (Å²) in [5.41, 5.74) is 0.0207. The molecule has 0 fully saturated rings. The van der Waals surface area contributed by atoms with Gasteiger partial charge in [0.05, 0.1) is 11.9 Å². The zero-order valence-corrected chi connectivity index (χ0v) is 13.3. The summed E-state index contributed by atoms with van der Waals surface area (Å²) in [5, 5.41) is 8.99. The lowest BCUT2D eigenvalue weighted by Crippen LogP contribution is -2.19. The molecule has 0 aliphatic carbocycles. The number of aromatic nitrogens is 2. The molecule has 0 spiro atoms. The van der Waals surface area contributed by atoms with Crippen LogP contribution in [0, 0.1) is 5.82 Å². The van der Waals surface area contributed by atoms with Gasteiger partial charge in [0.1, 0.15) is 11.0 Å². The predicted octanol–water partition coefficient (Wildman–Crippen LogP) is 4.19. The van der Waals surface area contributed by atoms with Crippen LogP contribution < -0.4 is 0 Å². The van der Waals surface area contributed by atoms with Crippen LogP contribution in [0.25, 0.3) is 10.9 Å². The van der Waals surface area contributed by atoms with Gasteiger partial charge in [-0.2, -0.15) is 8.78 Å². The fourth-order valence-corrected chi connectivity index (χ4v) is 2.59. The van der Waals surface area contributed by atoms with E-state index in [1.54, 1.807) is 0 Å². The van der Waals surface area contributed by atoms with Gasteiger partial charge in [-0.25, -0.2) is 14.4 Å². The molecule has 1 heterocycles. The maximum atomic E-state index is 14.6. The Labute approximate surface area is 144 Å². The Morgan fingerprint density at radius 1 is 1.12 bits per heavy atom. The van der Waals surface area contributed by atoms with E-state index in [0.29, 0.717) is 10.9 Å². The molecule has 0 radical (unpaired) electrons. The minimum absolute atomic E-state index is 0.107. The van der Waals surface area contributed by atoms with Gasteiger partial charge in [0.25, 0.3) is 0 Å². The first kappa shape index (κ1) is 17.2. The van der Waals surface area contributed by atoms with Crippen LogP contribution in [0.3, 0.4) is 0 Å². The molecule has 1 aromatic heterocycles. The third kappa shape index (κ3) is 3.41. The second-order valence-electron chi connectivity index (χ2n) is 5.34. The number of alkyl halides is 2. The van der Waals surface area contributed by atoms with Crippen LogP contribution in [-0.4, -0.2) is 21.0 Å². The highest BCUT2D eigenvalue weighted by Gasteiger charge is 2.38. The molecule has 0 aliphatic heterocycles. The highest BCUT2D eigenvalue weighted by molar-refractivity contribution is 6.34. The van der Waals surface area contributed by atoms with E-state index in [9.17, 15) is 18.0 Å². The zero-order chi connectivity index (χ0) is 18.2. The topological polar surface area (TPSA) is 63.1 Å². The second-order valence-corrected chi connectivity index (χ2v) is 5.70. The number of benzene rings is 2. The SMILES string of the molecule is O=C(O)Cc1ccc2c(Cl)nc(C(F)(F)c3ccc(F)cc3)nc2c1. The fourth-order valence-electron chi connectivity index (χ4n) is 2.35. The summed E-state index contributed by atoms with van der Waals surface area (Å²) in [7, 11) is 0. The van der Waals surface area contributed by atoms with Crippen molar-refractivity contribution < 1.29 is 23.1 Å². The molecular weight excluding hydrogens is 357 g/mol. The number of hydrogen-bond acceptors (Lipinski definition) is 3. The van der Waals surface area contributed by atoms with Gasteiger partial charge < -0.3 is 5.11 Å². The molecule has 128 valence electrons. The number of hydrogen-bond donors (Lipinski definition) is 1. The Hall–Kier alpha value is -2.67. The number of halogens is 4. The van der Waals surface area contributed by atoms with Crippen LogP contribution in [0.5, 0.6) is 0 Å². The summed E-state index contributed by atoms with van der Waals surface area (Å²) in [5.74, 6) is -6.13. The van der Waals surface area contributed by atoms with Crippen LogP contribution in [-0.2, 0) is 17.1 Å². The van der Waals surface area contributed by atoms with Crippen molar-refractivity contribution in [1.82, 2.24) is 9.97 Å². The first-order valence-corrected chi connectivity index (χ1v) is 7.47. The fraction of sp³-hybridized carbons (Fsp3) is 0.118. The van der Waals surface area contributed by atoms with Crippen LogP contribution in [0.1, 0.15) is 17.0 Å². The summed E-state index contributed by atoms with van der Waals surface area (Å²) >= 11 is 5.98. The number of carboxylic acid groups (broad SMARTS) is 1. The van der Waals surface area contributed by atoms with Crippen LogP contribution in [0.4, 0.5) is 13.2 Å². The van der Waals surface area contributed by atoms with Crippen molar-refractivity contribution in [1.29, 1.82) is 0 Å². The minimum Gasteiger partial charge on any atom is -0.481 e. The summed E-state index contributed by atoms with van der Waals surface area (Å²) in [6, 6.07) is 8.09. The van der Waals surface area contributed by atoms with Gasteiger partial charge in [-0.3, -0.25) is 4.79 Å². The molecule has 0 saturated carbocycles. The molecule has 4 nitrogen and oxygen atoms in total. The average Bonchev–Trinajstić information content (AvgIpc) is 2.54. The van der Waals surface area contributed by atoms with Crippen molar-refractivity contribution >= 4 is 28.5 Å². The Morgan fingerprint density at radius 3 is 2.44 bits per heavy atom. The Balaban J connectivity index is 2.12. The van der Waals surface area contributed by atoms with Crippen LogP contribution in [0.15, 0.2) is 42.5 Å². The summed E-state index contributed by atoms with van der Waals surface area (Å²) in [4.78, 5) is 18.3. The largest absolute Gasteiger partial charge is 0.481 e. The van der Waals surface area contributed by atoms with E-state index in [2.05, 4.69) is 9.97 Å². The number of carboxylic acids is 1. The molecule has 0 amide bonds. The maximum absolute atomic E-state index is 14.6. The summed E-state index contributed by atoms with van der Waals surface area (Å²) in [6.45, 7) is 0. The molecule has 1 N–H and O–H groups in total. The lowest BCUT2D eigenvalue weighted by Gasteiger charge is -2.16. The molecule has 3 rings (SSSR count). The van der Waals surface area contributed by atoms with Crippen molar-refractivity contribution in [3.8, 4) is 0 Å². The number of nitrogens with zero attached hydrogens (tertiary/aromatic N) is 2. The van der Waals surface area contributed by atoms with Crippen molar-refractivity contribution in [3.63, 3.8) is 0 Å². The minimum atomic E-state index is -3.59. The zero-order valence-electron chi connectivity index (χ0n) is 12.5. The van der Waals surface area contributed by atoms with E-state index in [0.717, 1.165) is 24.3 Å². The van der Waals surface area contributed by atoms with E-state index in [4.69, 9.17) is 16.7 Å². The third-order valence-electron chi connectivity index (χ3n) is 3.56. The molecule has 0 saturated heterocycles. The van der Waals surface area contributed by atoms with E-state index >= 15 is 0 Å². The van der Waals surface area contributed by atoms with Gasteiger partial charge in [-0.15, -0.1) is 0 Å². The van der Waals surface area contributed by atoms with Crippen molar-refractivity contribution in [2.45, 2.75) is 12.3 Å². The first-order valence-electron chi connectivity index (χ1n) is 7.09. The second kappa shape index (κ2) is 6.33. The molecule has 0 aliphatic rings. The predicted molar refractivity (Wildman–Crippen MR) is 85.3 cm³/mol. The van der Waals surface area contributed by atoms with Crippen molar-refractivity contribution in [2.75, 3.05) is 0 Å². The Morgan fingerprint density at radius 2 is 1.80 bits per heavy atom. The number of aliphatic carboxylic acids is 1. The third-order valence-corrected chi connectivity index (χ3v) is 3.85. The normalized spacial score (nSPS) is 11.7. The first-order chi connectivity index (χ1) is 11.8. The van der Waals surface area contributed by atoms with Gasteiger partial charge in [-0.1, -0.05) is 17.7 Å². The molecule has 25 heavy (non-hydrogen) atoms. The number of fused-ring (bicyclic) bond motifs is 1. The Kier molecular flexibility index (Phi) is 4.34. The van der Waals surface area contributed by atoms with Gasteiger partial charge in [-0.05, 0) is 42.0 Å². The lowest BCUT2D eigenvalue weighted by atomic mass is 10.1. The summed E-state index contributed by atoms with van der Waals surface area (Å²) in [6.07, 6.45) is -0.277. The smallest absolute Gasteiger partial charge is 0.331 e. The molecule has 0 unspecified atom stereocenters. The van der Waals surface area contributed by atoms with Gasteiger partial charge in [0, 0.05) is 10.9 Å². The lowest BCUT2D eigenvalue weighted by molar-refractivity contribution is -0.136. The van der Waals surface area contributed by atoms with Gasteiger partial charge in [0.2, 0.25) is 5.82 Å². The van der Waals surface area contributed by atoms with Crippen molar-refractivity contribution in [3.05, 3.63) is 70.4 Å². The molecule has 3 aromatic rings. The van der Waals surface area contributed by atoms with Gasteiger partial charge in [0.15, 0.2) is 0 Å². The van der Waals surface area contributed by atoms with E-state index in [1.807, 2.05) is 0 Å². The molecule has 0 bridgehead atoms. The van der Waals surface area contributed by atoms with Gasteiger partial charge >= 0.3 is 11.9 Å². The Bertz CT molecular complexity index is 962. The highest BCUT2D eigenvalue weighted by Crippen LogP contribution is 2.35. The molecule has 2 aromatic carbocycles. The number of carbonyl (C=O) groups is 1. The van der Waals surface area contributed by atoms with E-state index in [1.165, 1.54) is 18.2 Å². The van der Waals surface area contributed by atoms with Crippen LogP contribution in [0.2, 0.25) is 5.15 Å².